The minimum atomic E-state index is -4.93. The molecular weight excluding hydrogens is 496 g/mol. The number of rotatable bonds is 9. The molecule has 3 heterocycles. The number of amides is 2. The number of thiazole rings is 1. The lowest BCUT2D eigenvalue weighted by Crippen LogP contribution is -2.73. The Labute approximate surface area is 196 Å². The molecule has 18 heteroatoms. The van der Waals surface area contributed by atoms with Crippen molar-refractivity contribution < 1.29 is 37.3 Å². The topological polar surface area (TPSA) is 232 Å². The summed E-state index contributed by atoms with van der Waals surface area (Å²) in [7, 11) is -4.93. The first-order valence-electron chi connectivity index (χ1n) is 9.39. The number of carboxylic acid groups (broad SMARTS) is 1. The lowest BCUT2D eigenvalue weighted by Gasteiger charge is -2.43. The first-order chi connectivity index (χ1) is 15.7. The summed E-state index contributed by atoms with van der Waals surface area (Å²) in [6, 6.07) is -2.65. The molecule has 34 heavy (non-hydrogen) atoms. The molecule has 1 aliphatic rings. The molecule has 2 amide bonds. The third-order valence-corrected chi connectivity index (χ3v) is 6.21. The summed E-state index contributed by atoms with van der Waals surface area (Å²) in [5, 5.41) is 20.6. The van der Waals surface area contributed by atoms with Gasteiger partial charge in [0.25, 0.3) is 11.8 Å². The van der Waals surface area contributed by atoms with Gasteiger partial charge in [-0.1, -0.05) is 5.16 Å². The Balaban J connectivity index is 1.89. The second-order valence-electron chi connectivity index (χ2n) is 7.56. The summed E-state index contributed by atoms with van der Waals surface area (Å²) in [5.74, 6) is -3.13. The van der Waals surface area contributed by atoms with Crippen LogP contribution in [-0.4, -0.2) is 83.3 Å². The van der Waals surface area contributed by atoms with Crippen molar-refractivity contribution in [3.63, 3.8) is 0 Å². The highest BCUT2D eigenvalue weighted by atomic mass is 32.2. The van der Waals surface area contributed by atoms with E-state index in [2.05, 4.69) is 25.5 Å². The van der Waals surface area contributed by atoms with Crippen LogP contribution in [-0.2, 0) is 36.1 Å². The number of carbonyl (C=O) groups is 3. The van der Waals surface area contributed by atoms with Crippen molar-refractivity contribution in [1.29, 1.82) is 0 Å². The van der Waals surface area contributed by atoms with Crippen LogP contribution in [0.3, 0.4) is 0 Å². The number of nitrogens with one attached hydrogen (secondary N) is 1. The molecule has 2 aromatic rings. The maximum Gasteiger partial charge on any atom is 0.362 e. The van der Waals surface area contributed by atoms with E-state index in [1.54, 1.807) is 6.92 Å². The Morgan fingerprint density at radius 2 is 2.09 bits per heavy atom. The highest BCUT2D eigenvalue weighted by Gasteiger charge is 2.54. The molecule has 0 aliphatic carbocycles. The van der Waals surface area contributed by atoms with Gasteiger partial charge in [-0.25, -0.2) is 19.1 Å². The fourth-order valence-corrected chi connectivity index (χ4v) is 4.24. The minimum Gasteiger partial charge on any atom is -0.478 e. The molecule has 0 bridgehead atoms. The average Bonchev–Trinajstić information content (AvgIpc) is 3.32. The number of nitrogens with two attached hydrogens (primary N) is 1. The Morgan fingerprint density at radius 1 is 1.41 bits per heavy atom. The molecule has 1 aliphatic heterocycles. The second-order valence-corrected chi connectivity index (χ2v) is 9.74. The van der Waals surface area contributed by atoms with Crippen molar-refractivity contribution in [2.24, 2.45) is 5.16 Å². The van der Waals surface area contributed by atoms with Crippen molar-refractivity contribution in [2.45, 2.75) is 45.0 Å². The zero-order valence-electron chi connectivity index (χ0n) is 17.9. The molecule has 0 unspecified atom stereocenters. The highest BCUT2D eigenvalue weighted by molar-refractivity contribution is 7.84. The van der Waals surface area contributed by atoms with Crippen LogP contribution in [0.5, 0.6) is 0 Å². The summed E-state index contributed by atoms with van der Waals surface area (Å²) >= 11 is 0.965. The summed E-state index contributed by atoms with van der Waals surface area (Å²) in [5.41, 5.74) is 3.22. The number of carbonyl (C=O) groups excluding carboxylic acids is 2. The molecule has 184 valence electrons. The smallest absolute Gasteiger partial charge is 0.362 e. The lowest BCUT2D eigenvalue weighted by molar-refractivity contribution is -0.161. The Morgan fingerprint density at radius 3 is 2.59 bits per heavy atom. The van der Waals surface area contributed by atoms with Crippen LogP contribution in [0, 0.1) is 6.92 Å². The minimum absolute atomic E-state index is 0.0666. The Bertz CT molecular complexity index is 1270. The summed E-state index contributed by atoms with van der Waals surface area (Å²) in [6.45, 7) is 3.75. The van der Waals surface area contributed by atoms with Gasteiger partial charge < -0.3 is 21.0 Å². The van der Waals surface area contributed by atoms with E-state index < -0.39 is 51.5 Å². The maximum absolute atomic E-state index is 13.0. The monoisotopic (exact) mass is 516 g/mol. The fraction of sp³-hybridized carbons (Fsp3) is 0.438. The van der Waals surface area contributed by atoms with Crippen LogP contribution in [0.1, 0.15) is 25.4 Å². The fourth-order valence-electron chi connectivity index (χ4n) is 2.82. The van der Waals surface area contributed by atoms with Gasteiger partial charge in [-0.05, 0) is 20.8 Å². The van der Waals surface area contributed by atoms with Gasteiger partial charge in [-0.15, -0.1) is 11.3 Å². The van der Waals surface area contributed by atoms with Gasteiger partial charge in [0.05, 0.1) is 12.6 Å². The number of oxime groups is 1. The number of carboxylic acids is 1. The van der Waals surface area contributed by atoms with Crippen LogP contribution in [0.2, 0.25) is 0 Å². The van der Waals surface area contributed by atoms with Gasteiger partial charge in [-0.2, -0.15) is 13.5 Å². The van der Waals surface area contributed by atoms with Gasteiger partial charge in [-0.3, -0.25) is 18.8 Å². The quantitative estimate of drug-likeness (QED) is 0.128. The standard InChI is InChI=1S/C16H20N8O8S2/c1-7-18-6-23(21-7)4-9-11(13(26)24(9)34(29,30)31)20-12(25)10(8-5-33-15(17)19-8)22-32-16(2,3)14(27)28/h5-6,9,11H,4H2,1-3H3,(H2,17,19)(H,20,25)(H,27,28)(H,29,30,31)/b22-10+/t9-,11+/m1/s1. The highest BCUT2D eigenvalue weighted by Crippen LogP contribution is 2.25. The number of hydrogen-bond donors (Lipinski definition) is 4. The van der Waals surface area contributed by atoms with E-state index in [9.17, 15) is 32.5 Å². The molecule has 1 fully saturated rings. The van der Waals surface area contributed by atoms with Crippen molar-refractivity contribution in [2.75, 3.05) is 5.73 Å². The molecule has 2 atom stereocenters. The normalized spacial score (nSPS) is 19.0. The molecule has 0 aromatic carbocycles. The molecule has 1 saturated heterocycles. The second kappa shape index (κ2) is 8.95. The molecule has 0 spiro atoms. The summed E-state index contributed by atoms with van der Waals surface area (Å²) in [6.07, 6.45) is 1.28. The van der Waals surface area contributed by atoms with Crippen molar-refractivity contribution in [3.8, 4) is 0 Å². The van der Waals surface area contributed by atoms with E-state index in [4.69, 9.17) is 10.6 Å². The molecule has 16 nitrogen and oxygen atoms in total. The van der Waals surface area contributed by atoms with Crippen LogP contribution < -0.4 is 11.1 Å². The molecule has 2 aromatic heterocycles. The largest absolute Gasteiger partial charge is 0.478 e. The number of nitrogens with zero attached hydrogens (tertiary/aromatic N) is 6. The molecule has 0 saturated carbocycles. The third-order valence-electron chi connectivity index (χ3n) is 4.59. The third kappa shape index (κ3) is 5.13. The van der Waals surface area contributed by atoms with Gasteiger partial charge in [0.1, 0.15) is 23.9 Å². The first-order valence-corrected chi connectivity index (χ1v) is 11.7. The zero-order valence-corrected chi connectivity index (χ0v) is 19.6. The van der Waals surface area contributed by atoms with E-state index in [1.807, 2.05) is 0 Å². The van der Waals surface area contributed by atoms with E-state index in [-0.39, 0.29) is 21.7 Å². The SMILES string of the molecule is Cc1ncn(C[C@@H]2[C@H](NC(=O)/C(=N/OC(C)(C)C(=O)O)c3csc(N)n3)C(=O)N2S(=O)(=O)O)n1. The molecule has 0 radical (unpaired) electrons. The Hall–Kier alpha value is -3.64. The predicted octanol–water partition coefficient (Wildman–Crippen LogP) is -1.59. The average molecular weight is 517 g/mol. The molecular formula is C16H20N8O8S2. The number of nitrogen functional groups attached to an aromatic ring is 1. The van der Waals surface area contributed by atoms with Crippen LogP contribution in [0.25, 0.3) is 0 Å². The van der Waals surface area contributed by atoms with Crippen LogP contribution in [0.4, 0.5) is 5.13 Å². The number of hydrogen-bond acceptors (Lipinski definition) is 12. The number of anilines is 1. The number of aryl methyl sites for hydroxylation is 1. The van der Waals surface area contributed by atoms with Gasteiger partial charge >= 0.3 is 16.3 Å². The predicted molar refractivity (Wildman–Crippen MR) is 115 cm³/mol. The van der Waals surface area contributed by atoms with E-state index in [1.165, 1.54) is 30.2 Å². The molecule has 3 rings (SSSR count). The van der Waals surface area contributed by atoms with Crippen LogP contribution >= 0.6 is 11.3 Å². The Kier molecular flexibility index (Phi) is 6.58. The number of β-lactam (4-membered cyclic amide) rings is 1. The maximum atomic E-state index is 13.0. The van der Waals surface area contributed by atoms with Crippen LogP contribution in [0.15, 0.2) is 16.9 Å². The van der Waals surface area contributed by atoms with Crippen molar-refractivity contribution in [1.82, 2.24) is 29.4 Å². The van der Waals surface area contributed by atoms with E-state index in [0.717, 1.165) is 11.3 Å². The van der Waals surface area contributed by atoms with Crippen molar-refractivity contribution >= 4 is 50.3 Å². The number of aliphatic carboxylic acids is 1. The van der Waals surface area contributed by atoms with Gasteiger partial charge in [0.15, 0.2) is 10.8 Å². The van der Waals surface area contributed by atoms with Gasteiger partial charge in [0.2, 0.25) is 5.60 Å². The van der Waals surface area contributed by atoms with E-state index in [0.29, 0.717) is 5.82 Å². The first kappa shape index (κ1) is 25.0. The summed E-state index contributed by atoms with van der Waals surface area (Å²) < 4.78 is 34.2. The van der Waals surface area contributed by atoms with E-state index >= 15 is 0 Å². The summed E-state index contributed by atoms with van der Waals surface area (Å²) in [4.78, 5) is 49.6. The van der Waals surface area contributed by atoms with Crippen molar-refractivity contribution in [3.05, 3.63) is 23.2 Å². The zero-order chi connectivity index (χ0) is 25.4. The van der Waals surface area contributed by atoms with Gasteiger partial charge in [0, 0.05) is 5.38 Å². The number of aromatic nitrogens is 4. The lowest BCUT2D eigenvalue weighted by atomic mass is 9.98. The molecule has 5 N–H and O–H groups in total.